The van der Waals surface area contributed by atoms with Crippen molar-refractivity contribution in [2.45, 2.75) is 6.92 Å². The van der Waals surface area contributed by atoms with Crippen LogP contribution in [0.3, 0.4) is 0 Å². The van der Waals surface area contributed by atoms with Gasteiger partial charge in [0.25, 0.3) is 0 Å². The van der Waals surface area contributed by atoms with E-state index in [2.05, 4.69) is 5.32 Å². The maximum absolute atomic E-state index is 12.4. The van der Waals surface area contributed by atoms with Gasteiger partial charge in [0.15, 0.2) is 5.78 Å². The average Bonchev–Trinajstić information content (AvgIpc) is 2.42. The van der Waals surface area contributed by atoms with E-state index in [1.807, 2.05) is 6.07 Å². The summed E-state index contributed by atoms with van der Waals surface area (Å²) in [5.41, 5.74) is 7.27. The Labute approximate surface area is 121 Å². The summed E-state index contributed by atoms with van der Waals surface area (Å²) in [7, 11) is 0. The lowest BCUT2D eigenvalue weighted by Gasteiger charge is -2.11. The zero-order valence-electron chi connectivity index (χ0n) is 10.8. The second-order valence-electron chi connectivity index (χ2n) is 4.29. The maximum atomic E-state index is 12.4. The number of hydrogen-bond acceptors (Lipinski definition) is 3. The molecule has 0 radical (unpaired) electrons. The number of carbonyl (C=O) groups is 2. The highest BCUT2D eigenvalue weighted by molar-refractivity contribution is 6.32. The number of amides is 1. The Hall–Kier alpha value is -2.33. The summed E-state index contributed by atoms with van der Waals surface area (Å²) in [6.45, 7) is 1.36. The monoisotopic (exact) mass is 288 g/mol. The van der Waals surface area contributed by atoms with Gasteiger partial charge in [-0.05, 0) is 12.1 Å². The van der Waals surface area contributed by atoms with Crippen LogP contribution in [0.4, 0.5) is 11.4 Å². The lowest BCUT2D eigenvalue weighted by atomic mass is 10.0. The molecule has 0 unspecified atom stereocenters. The van der Waals surface area contributed by atoms with Crippen LogP contribution >= 0.6 is 11.6 Å². The number of anilines is 2. The summed E-state index contributed by atoms with van der Waals surface area (Å²) in [6, 6.07) is 11.8. The van der Waals surface area contributed by atoms with Crippen LogP contribution in [0.1, 0.15) is 22.8 Å². The summed E-state index contributed by atoms with van der Waals surface area (Å²) in [5, 5.41) is 2.90. The van der Waals surface area contributed by atoms with E-state index in [1.54, 1.807) is 24.3 Å². The molecule has 0 saturated carbocycles. The van der Waals surface area contributed by atoms with Gasteiger partial charge in [-0.25, -0.2) is 0 Å². The first-order valence-electron chi connectivity index (χ1n) is 5.95. The molecule has 0 aliphatic heterocycles. The topological polar surface area (TPSA) is 72.2 Å². The highest BCUT2D eigenvalue weighted by Crippen LogP contribution is 2.29. The van der Waals surface area contributed by atoms with Crippen molar-refractivity contribution in [3.05, 3.63) is 58.6 Å². The molecule has 0 heterocycles. The van der Waals surface area contributed by atoms with Crippen LogP contribution in [0.5, 0.6) is 0 Å². The molecule has 0 atom stereocenters. The van der Waals surface area contributed by atoms with E-state index >= 15 is 0 Å². The zero-order chi connectivity index (χ0) is 14.7. The molecule has 0 spiro atoms. The van der Waals surface area contributed by atoms with Gasteiger partial charge in [-0.3, -0.25) is 9.59 Å². The molecule has 0 bridgehead atoms. The largest absolute Gasteiger partial charge is 0.396 e. The Morgan fingerprint density at radius 3 is 2.40 bits per heavy atom. The van der Waals surface area contributed by atoms with Gasteiger partial charge in [-0.15, -0.1) is 0 Å². The fourth-order valence-electron chi connectivity index (χ4n) is 1.84. The highest BCUT2D eigenvalue weighted by atomic mass is 35.5. The first kappa shape index (κ1) is 14.1. The molecule has 0 aliphatic rings. The van der Waals surface area contributed by atoms with Gasteiger partial charge >= 0.3 is 0 Å². The minimum atomic E-state index is -0.280. The number of rotatable bonds is 3. The number of nitrogens with two attached hydrogens (primary N) is 1. The van der Waals surface area contributed by atoms with E-state index in [-0.39, 0.29) is 22.9 Å². The molecule has 0 aromatic heterocycles. The van der Waals surface area contributed by atoms with Crippen LogP contribution in [-0.2, 0) is 4.79 Å². The Bertz CT molecular complexity index is 669. The second-order valence-corrected chi connectivity index (χ2v) is 4.73. The predicted molar refractivity (Wildman–Crippen MR) is 80.0 cm³/mol. The molecule has 2 aromatic rings. The van der Waals surface area contributed by atoms with Crippen molar-refractivity contribution in [3.63, 3.8) is 0 Å². The van der Waals surface area contributed by atoms with Crippen LogP contribution in [0.15, 0.2) is 42.5 Å². The van der Waals surface area contributed by atoms with Crippen molar-refractivity contribution in [1.82, 2.24) is 0 Å². The smallest absolute Gasteiger partial charge is 0.221 e. The summed E-state index contributed by atoms with van der Waals surface area (Å²) in [6.07, 6.45) is 0. The molecular formula is C15H13ClN2O2. The first-order valence-corrected chi connectivity index (χ1v) is 6.33. The molecule has 4 nitrogen and oxygen atoms in total. The average molecular weight is 289 g/mol. The molecule has 1 amide bonds. The normalized spacial score (nSPS) is 10.1. The zero-order valence-corrected chi connectivity index (χ0v) is 11.6. The van der Waals surface area contributed by atoms with Gasteiger partial charge in [-0.1, -0.05) is 41.9 Å². The molecule has 0 aliphatic carbocycles. The number of nitrogen functional groups attached to an aromatic ring is 1. The van der Waals surface area contributed by atoms with Crippen molar-refractivity contribution in [1.29, 1.82) is 0 Å². The highest BCUT2D eigenvalue weighted by Gasteiger charge is 2.16. The Balaban J connectivity index is 2.49. The fourth-order valence-corrected chi connectivity index (χ4v) is 2.06. The number of halogens is 1. The minimum absolute atomic E-state index is 0.207. The van der Waals surface area contributed by atoms with E-state index in [0.29, 0.717) is 16.3 Å². The van der Waals surface area contributed by atoms with Gasteiger partial charge in [-0.2, -0.15) is 0 Å². The van der Waals surface area contributed by atoms with Gasteiger partial charge in [0, 0.05) is 23.1 Å². The van der Waals surface area contributed by atoms with E-state index < -0.39 is 0 Å². The van der Waals surface area contributed by atoms with Crippen LogP contribution in [0.2, 0.25) is 5.02 Å². The molecule has 5 heteroatoms. The number of hydrogen-bond donors (Lipinski definition) is 2. The van der Waals surface area contributed by atoms with E-state index in [4.69, 9.17) is 17.3 Å². The molecule has 102 valence electrons. The Kier molecular flexibility index (Phi) is 4.05. The van der Waals surface area contributed by atoms with Crippen LogP contribution in [-0.4, -0.2) is 11.7 Å². The Morgan fingerprint density at radius 1 is 1.15 bits per heavy atom. The minimum Gasteiger partial charge on any atom is -0.396 e. The molecule has 3 N–H and O–H groups in total. The number of nitrogens with one attached hydrogen (secondary N) is 1. The Morgan fingerprint density at radius 2 is 1.80 bits per heavy atom. The molecule has 0 saturated heterocycles. The van der Waals surface area contributed by atoms with Crippen molar-refractivity contribution < 1.29 is 9.59 Å². The van der Waals surface area contributed by atoms with Crippen LogP contribution < -0.4 is 11.1 Å². The molecular weight excluding hydrogens is 276 g/mol. The number of benzene rings is 2. The number of carbonyl (C=O) groups excluding carboxylic acids is 2. The third kappa shape index (κ3) is 2.97. The lowest BCUT2D eigenvalue weighted by Crippen LogP contribution is -2.12. The molecule has 0 fully saturated rings. The summed E-state index contributed by atoms with van der Waals surface area (Å²) < 4.78 is 0. The summed E-state index contributed by atoms with van der Waals surface area (Å²) in [5.74, 6) is -0.519. The van der Waals surface area contributed by atoms with Crippen LogP contribution in [0, 0.1) is 0 Å². The SMILES string of the molecule is CC(=O)Nc1cc(Cl)cc(C(=O)c2ccccc2)c1N. The second kappa shape index (κ2) is 5.75. The van der Waals surface area contributed by atoms with E-state index in [9.17, 15) is 9.59 Å². The van der Waals surface area contributed by atoms with Crippen molar-refractivity contribution in [2.75, 3.05) is 11.1 Å². The standard InChI is InChI=1S/C15H13ClN2O2/c1-9(19)18-13-8-11(16)7-12(14(13)17)15(20)10-5-3-2-4-6-10/h2-8H,17H2,1H3,(H,18,19). The van der Waals surface area contributed by atoms with E-state index in [1.165, 1.54) is 19.1 Å². The van der Waals surface area contributed by atoms with Crippen LogP contribution in [0.25, 0.3) is 0 Å². The van der Waals surface area contributed by atoms with Crippen molar-refractivity contribution >= 4 is 34.7 Å². The van der Waals surface area contributed by atoms with Gasteiger partial charge in [0.1, 0.15) is 0 Å². The third-order valence-electron chi connectivity index (χ3n) is 2.74. The molecule has 2 aromatic carbocycles. The van der Waals surface area contributed by atoms with Gasteiger partial charge < -0.3 is 11.1 Å². The number of ketones is 1. The quantitative estimate of drug-likeness (QED) is 0.673. The van der Waals surface area contributed by atoms with E-state index in [0.717, 1.165) is 0 Å². The van der Waals surface area contributed by atoms with Gasteiger partial charge in [0.05, 0.1) is 11.4 Å². The van der Waals surface area contributed by atoms with Crippen molar-refractivity contribution in [2.24, 2.45) is 0 Å². The fraction of sp³-hybridized carbons (Fsp3) is 0.0667. The maximum Gasteiger partial charge on any atom is 0.221 e. The lowest BCUT2D eigenvalue weighted by molar-refractivity contribution is -0.114. The predicted octanol–water partition coefficient (Wildman–Crippen LogP) is 3.11. The summed E-state index contributed by atoms with van der Waals surface area (Å²) >= 11 is 5.98. The molecule has 2 rings (SSSR count). The third-order valence-corrected chi connectivity index (χ3v) is 2.95. The molecule has 20 heavy (non-hydrogen) atoms. The van der Waals surface area contributed by atoms with Crippen molar-refractivity contribution in [3.8, 4) is 0 Å². The summed E-state index contributed by atoms with van der Waals surface area (Å²) in [4.78, 5) is 23.5. The van der Waals surface area contributed by atoms with Gasteiger partial charge in [0.2, 0.25) is 5.91 Å². The first-order chi connectivity index (χ1) is 9.49.